The number of hydrogen-bond acceptors (Lipinski definition) is 10. The molecule has 8 N–H and O–H groups in total. The first kappa shape index (κ1) is 44.4. The van der Waals surface area contributed by atoms with Crippen molar-refractivity contribution in [3.05, 3.63) is 70.8 Å². The lowest BCUT2D eigenvalue weighted by Crippen LogP contribution is -2.57. The first-order valence-electron chi connectivity index (χ1n) is 20.4. The number of nitrogens with one attached hydrogen (secondary N) is 4. The number of thioether (sulfide) groups is 2. The van der Waals surface area contributed by atoms with Crippen LogP contribution in [0.4, 0.5) is 0 Å². The second kappa shape index (κ2) is 17.5. The second-order valence-electron chi connectivity index (χ2n) is 17.9. The van der Waals surface area contributed by atoms with E-state index in [1.807, 2.05) is 27.7 Å². The van der Waals surface area contributed by atoms with E-state index < -0.39 is 58.9 Å². The average molecular weight is 849 g/mol. The minimum atomic E-state index is -0.823. The highest BCUT2D eigenvalue weighted by atomic mass is 32.2. The van der Waals surface area contributed by atoms with E-state index in [-0.39, 0.29) is 44.9 Å². The minimum absolute atomic E-state index is 0.126. The standard InChI is InChI=1S/C43H60N8O6S2/c1-22(46-7)38(54)48-28-18-30(58-32-20-42(3,4)34(36(44)52)50(32)40(28)56)26-13-9-24(10-14-26)17-25-11-15-27(16-12-25)31-19-29(49-39(55)23(2)47-8)41(57)51-33(59-31)21-43(5,6)35(51)37(45)53/h9-16,22-23,28-35,46-47H,17-21H2,1-8H3,(H2,44,52)(H2,45,53)(H,48,54)(H,49,55). The third kappa shape index (κ3) is 9.15. The molecule has 2 aromatic rings. The molecule has 4 fully saturated rings. The number of amides is 6. The highest BCUT2D eigenvalue weighted by molar-refractivity contribution is 8.00. The fourth-order valence-electron chi connectivity index (χ4n) is 9.16. The number of primary amides is 2. The largest absolute Gasteiger partial charge is 0.368 e. The summed E-state index contributed by atoms with van der Waals surface area (Å²) in [5, 5.41) is 11.0. The lowest BCUT2D eigenvalue weighted by atomic mass is 9.84. The number of rotatable bonds is 12. The number of hydrogen-bond donors (Lipinski definition) is 6. The van der Waals surface area contributed by atoms with E-state index in [9.17, 15) is 28.8 Å². The normalized spacial score (nSPS) is 29.7. The van der Waals surface area contributed by atoms with Crippen LogP contribution < -0.4 is 32.7 Å². The van der Waals surface area contributed by atoms with Crippen LogP contribution in [-0.4, -0.2) is 106 Å². The van der Waals surface area contributed by atoms with Crippen molar-refractivity contribution in [1.82, 2.24) is 31.1 Å². The third-order valence-corrected chi connectivity index (χ3v) is 15.6. The lowest BCUT2D eigenvalue weighted by Gasteiger charge is -2.32. The maximum atomic E-state index is 14.1. The molecule has 4 aliphatic rings. The maximum absolute atomic E-state index is 14.1. The molecule has 0 bridgehead atoms. The Kier molecular flexibility index (Phi) is 13.2. The topological polar surface area (TPSA) is 209 Å². The van der Waals surface area contributed by atoms with Crippen LogP contribution >= 0.6 is 23.5 Å². The van der Waals surface area contributed by atoms with Crippen molar-refractivity contribution in [3.8, 4) is 0 Å². The van der Waals surface area contributed by atoms with E-state index in [4.69, 9.17) is 11.5 Å². The summed E-state index contributed by atoms with van der Waals surface area (Å²) in [5.74, 6) is -2.24. The Bertz CT molecular complexity index is 1810. The highest BCUT2D eigenvalue weighted by Crippen LogP contribution is 2.53. The second-order valence-corrected chi connectivity index (χ2v) is 20.7. The summed E-state index contributed by atoms with van der Waals surface area (Å²) in [7, 11) is 3.37. The molecule has 10 unspecified atom stereocenters. The summed E-state index contributed by atoms with van der Waals surface area (Å²) in [5.41, 5.74) is 15.0. The summed E-state index contributed by atoms with van der Waals surface area (Å²) in [6, 6.07) is 12.5. The van der Waals surface area contributed by atoms with Crippen LogP contribution in [0.5, 0.6) is 0 Å². The molecule has 4 saturated heterocycles. The Hall–Kier alpha value is -4.12. The van der Waals surface area contributed by atoms with Gasteiger partial charge in [0.15, 0.2) is 0 Å². The summed E-state index contributed by atoms with van der Waals surface area (Å²) < 4.78 is 0. The van der Waals surface area contributed by atoms with Crippen molar-refractivity contribution in [1.29, 1.82) is 0 Å². The molecule has 6 amide bonds. The molecule has 320 valence electrons. The van der Waals surface area contributed by atoms with Crippen molar-refractivity contribution in [3.63, 3.8) is 0 Å². The smallest absolute Gasteiger partial charge is 0.246 e. The maximum Gasteiger partial charge on any atom is 0.246 e. The fourth-order valence-corrected chi connectivity index (χ4v) is 12.9. The number of benzene rings is 2. The van der Waals surface area contributed by atoms with E-state index in [2.05, 4.69) is 69.8 Å². The molecule has 14 nitrogen and oxygen atoms in total. The first-order valence-corrected chi connectivity index (χ1v) is 22.3. The van der Waals surface area contributed by atoms with Gasteiger partial charge in [-0.15, -0.1) is 23.5 Å². The van der Waals surface area contributed by atoms with Gasteiger partial charge in [-0.3, -0.25) is 28.8 Å². The molecule has 4 heterocycles. The lowest BCUT2D eigenvalue weighted by molar-refractivity contribution is -0.142. The van der Waals surface area contributed by atoms with Crippen LogP contribution in [0.2, 0.25) is 0 Å². The number of nitrogens with zero attached hydrogens (tertiary/aromatic N) is 2. The Balaban J connectivity index is 1.20. The Morgan fingerprint density at radius 2 is 1.00 bits per heavy atom. The summed E-state index contributed by atoms with van der Waals surface area (Å²) >= 11 is 3.29. The van der Waals surface area contributed by atoms with E-state index in [0.29, 0.717) is 32.1 Å². The predicted molar refractivity (Wildman–Crippen MR) is 231 cm³/mol. The fraction of sp³-hybridized carbons (Fsp3) is 0.581. The summed E-state index contributed by atoms with van der Waals surface area (Å²) in [6.07, 6.45) is 2.61. The van der Waals surface area contributed by atoms with Crippen molar-refractivity contribution >= 4 is 59.0 Å². The highest BCUT2D eigenvalue weighted by Gasteiger charge is 2.56. The molecule has 0 radical (unpaired) electrons. The third-order valence-electron chi connectivity index (χ3n) is 12.6. The van der Waals surface area contributed by atoms with Crippen LogP contribution in [0.3, 0.4) is 0 Å². The number of carbonyl (C=O) groups excluding carboxylic acids is 6. The van der Waals surface area contributed by atoms with Crippen LogP contribution in [0.25, 0.3) is 0 Å². The van der Waals surface area contributed by atoms with Crippen LogP contribution in [0.1, 0.15) is 100.0 Å². The molecule has 0 aromatic heterocycles. The van der Waals surface area contributed by atoms with Gasteiger partial charge in [-0.1, -0.05) is 76.2 Å². The molecule has 16 heteroatoms. The van der Waals surface area contributed by atoms with Crippen molar-refractivity contribution < 1.29 is 28.8 Å². The molecule has 59 heavy (non-hydrogen) atoms. The molecule has 0 saturated carbocycles. The number of fused-ring (bicyclic) bond motifs is 2. The Labute approximate surface area is 355 Å². The van der Waals surface area contributed by atoms with Crippen LogP contribution in [0.15, 0.2) is 48.5 Å². The van der Waals surface area contributed by atoms with Gasteiger partial charge in [0.25, 0.3) is 0 Å². The molecule has 2 aromatic carbocycles. The number of nitrogens with two attached hydrogens (primary N) is 2. The molecule has 10 atom stereocenters. The zero-order valence-corrected chi connectivity index (χ0v) is 36.9. The van der Waals surface area contributed by atoms with E-state index >= 15 is 0 Å². The molecular formula is C43H60N8O6S2. The number of carbonyl (C=O) groups is 6. The average Bonchev–Trinajstić information content (AvgIpc) is 3.52. The van der Waals surface area contributed by atoms with Crippen molar-refractivity contribution in [2.24, 2.45) is 22.3 Å². The first-order chi connectivity index (χ1) is 27.8. The van der Waals surface area contributed by atoms with Crippen molar-refractivity contribution in [2.75, 3.05) is 14.1 Å². The van der Waals surface area contributed by atoms with Gasteiger partial charge in [-0.25, -0.2) is 0 Å². The van der Waals surface area contributed by atoms with Gasteiger partial charge in [0.1, 0.15) is 24.2 Å². The monoisotopic (exact) mass is 848 g/mol. The van der Waals surface area contributed by atoms with E-state index in [1.54, 1.807) is 61.3 Å². The van der Waals surface area contributed by atoms with Gasteiger partial charge >= 0.3 is 0 Å². The minimum Gasteiger partial charge on any atom is -0.368 e. The molecule has 6 rings (SSSR count). The van der Waals surface area contributed by atoms with Gasteiger partial charge in [-0.05, 0) is 93.1 Å². The van der Waals surface area contributed by atoms with Crippen LogP contribution in [0, 0.1) is 10.8 Å². The molecular weight excluding hydrogens is 789 g/mol. The molecule has 0 spiro atoms. The molecule has 4 aliphatic heterocycles. The molecule has 0 aliphatic carbocycles. The zero-order valence-electron chi connectivity index (χ0n) is 35.2. The quantitative estimate of drug-likeness (QED) is 0.184. The summed E-state index contributed by atoms with van der Waals surface area (Å²) in [6.45, 7) is 11.3. The van der Waals surface area contributed by atoms with E-state index in [0.717, 1.165) is 22.3 Å². The Morgan fingerprint density at radius 3 is 1.31 bits per heavy atom. The zero-order chi connectivity index (χ0) is 43.1. The van der Waals surface area contributed by atoms with Gasteiger partial charge in [0, 0.05) is 10.5 Å². The van der Waals surface area contributed by atoms with Gasteiger partial charge in [0.2, 0.25) is 35.4 Å². The summed E-state index contributed by atoms with van der Waals surface area (Å²) in [4.78, 5) is 82.9. The Morgan fingerprint density at radius 1 is 0.661 bits per heavy atom. The van der Waals surface area contributed by atoms with Gasteiger partial charge in [0.05, 0.1) is 22.8 Å². The van der Waals surface area contributed by atoms with Gasteiger partial charge in [-0.2, -0.15) is 0 Å². The number of likely N-dealkylation sites (N-methyl/N-ethyl adjacent to an activating group) is 2. The van der Waals surface area contributed by atoms with Crippen molar-refractivity contribution in [2.45, 2.75) is 131 Å². The van der Waals surface area contributed by atoms with E-state index in [1.165, 1.54) is 0 Å². The SMILES string of the molecule is CNC(C)C(=O)NC1CC(c2ccc(Cc3ccc(C4CC(NC(=O)C(C)NC)C(=O)N5C(CC(C)(C)C5C(N)=O)S4)cc3)cc2)SC2CC(C)(C)C(C(N)=O)N2C1=O. The van der Waals surface area contributed by atoms with Crippen LogP contribution in [-0.2, 0) is 35.2 Å². The van der Waals surface area contributed by atoms with Gasteiger partial charge < -0.3 is 42.5 Å². The predicted octanol–water partition coefficient (Wildman–Crippen LogP) is 2.70.